The summed E-state index contributed by atoms with van der Waals surface area (Å²) >= 11 is 1.82. The first-order valence-electron chi connectivity index (χ1n) is 12.2. The summed E-state index contributed by atoms with van der Waals surface area (Å²) in [5.41, 5.74) is 3.71. The lowest BCUT2D eigenvalue weighted by Crippen LogP contribution is -2.43. The number of fused-ring (bicyclic) bond motifs is 3. The molecule has 3 heterocycles. The number of aromatic nitrogens is 2. The molecule has 168 valence electrons. The van der Waals surface area contributed by atoms with E-state index >= 15 is 0 Å². The Morgan fingerprint density at radius 2 is 1.78 bits per heavy atom. The van der Waals surface area contributed by atoms with Crippen LogP contribution in [0, 0.1) is 0 Å². The zero-order valence-electron chi connectivity index (χ0n) is 18.5. The van der Waals surface area contributed by atoms with E-state index in [2.05, 4.69) is 39.8 Å². The fourth-order valence-electron chi connectivity index (χ4n) is 5.25. The van der Waals surface area contributed by atoms with Gasteiger partial charge in [0.1, 0.15) is 10.9 Å². The number of thiophene rings is 1. The fourth-order valence-corrected chi connectivity index (χ4v) is 6.50. The van der Waals surface area contributed by atoms with Gasteiger partial charge in [0.25, 0.3) is 0 Å². The van der Waals surface area contributed by atoms with Crippen LogP contribution in [0.2, 0.25) is 0 Å². The molecule has 0 amide bonds. The highest BCUT2D eigenvalue weighted by molar-refractivity contribution is 7.19. The number of hydrogen-bond acceptors (Lipinski definition) is 7. The number of nitrogens with one attached hydrogen (secondary N) is 2. The molecule has 0 spiro atoms. The van der Waals surface area contributed by atoms with Crippen molar-refractivity contribution in [2.75, 3.05) is 36.4 Å². The topological polar surface area (TPSA) is 62.3 Å². The van der Waals surface area contributed by atoms with Crippen LogP contribution in [0.3, 0.4) is 0 Å². The van der Waals surface area contributed by atoms with Crippen molar-refractivity contribution < 1.29 is 4.74 Å². The van der Waals surface area contributed by atoms with Crippen LogP contribution in [0.25, 0.3) is 10.2 Å². The standard InChI is InChI=1S/C25H31N5OS/c1-2-5-19(6-3-1)31-23-22-20-7-4-8-21(20)32-24(22)29-25(28-23)27-17-9-11-18(12-10-17)30-15-13-26-14-16-30/h9-12,19,26H,1-8,13-16H2,(H,27,28,29). The van der Waals surface area contributed by atoms with Gasteiger partial charge in [-0.05, 0) is 74.8 Å². The molecule has 1 saturated heterocycles. The summed E-state index contributed by atoms with van der Waals surface area (Å²) < 4.78 is 6.53. The number of piperazine rings is 1. The van der Waals surface area contributed by atoms with Crippen molar-refractivity contribution in [3.63, 3.8) is 0 Å². The number of hydrogen-bond donors (Lipinski definition) is 2. The first kappa shape index (κ1) is 20.2. The summed E-state index contributed by atoms with van der Waals surface area (Å²) in [5.74, 6) is 1.43. The molecule has 1 aromatic carbocycles. The fraction of sp³-hybridized carbons (Fsp3) is 0.520. The minimum absolute atomic E-state index is 0.282. The normalized spacial score (nSPS) is 19.3. The number of ether oxygens (including phenoxy) is 1. The van der Waals surface area contributed by atoms with E-state index in [9.17, 15) is 0 Å². The van der Waals surface area contributed by atoms with Crippen molar-refractivity contribution in [2.24, 2.45) is 0 Å². The maximum atomic E-state index is 6.53. The van der Waals surface area contributed by atoms with Crippen molar-refractivity contribution in [1.29, 1.82) is 0 Å². The Kier molecular flexibility index (Phi) is 5.61. The second-order valence-corrected chi connectivity index (χ2v) is 10.3. The third kappa shape index (κ3) is 4.04. The van der Waals surface area contributed by atoms with E-state index in [1.807, 2.05) is 11.3 Å². The van der Waals surface area contributed by atoms with Crippen molar-refractivity contribution in [3.8, 4) is 5.88 Å². The van der Waals surface area contributed by atoms with Gasteiger partial charge in [-0.3, -0.25) is 0 Å². The van der Waals surface area contributed by atoms with Crippen LogP contribution >= 0.6 is 11.3 Å². The highest BCUT2D eigenvalue weighted by Gasteiger charge is 2.25. The average Bonchev–Trinajstić information content (AvgIpc) is 3.42. The van der Waals surface area contributed by atoms with Crippen LogP contribution in [0.15, 0.2) is 24.3 Å². The summed E-state index contributed by atoms with van der Waals surface area (Å²) in [7, 11) is 0. The second kappa shape index (κ2) is 8.87. The Hall–Kier alpha value is -2.38. The Balaban J connectivity index is 1.28. The van der Waals surface area contributed by atoms with Gasteiger partial charge in [-0.15, -0.1) is 11.3 Å². The van der Waals surface area contributed by atoms with Gasteiger partial charge in [-0.1, -0.05) is 6.42 Å². The Labute approximate surface area is 193 Å². The van der Waals surface area contributed by atoms with Crippen LogP contribution in [0.4, 0.5) is 17.3 Å². The van der Waals surface area contributed by atoms with Gasteiger partial charge in [0.05, 0.1) is 5.39 Å². The minimum Gasteiger partial charge on any atom is -0.474 e. The molecule has 7 heteroatoms. The van der Waals surface area contributed by atoms with E-state index < -0.39 is 0 Å². The van der Waals surface area contributed by atoms with E-state index in [1.54, 1.807) is 0 Å². The summed E-state index contributed by atoms with van der Waals surface area (Å²) in [6.45, 7) is 4.19. The molecule has 0 unspecified atom stereocenters. The lowest BCUT2D eigenvalue weighted by atomic mass is 9.98. The molecular weight excluding hydrogens is 418 g/mol. The lowest BCUT2D eigenvalue weighted by Gasteiger charge is -2.29. The number of aryl methyl sites for hydroxylation is 2. The minimum atomic E-state index is 0.282. The summed E-state index contributed by atoms with van der Waals surface area (Å²) in [6.07, 6.45) is 9.90. The molecule has 2 fully saturated rings. The molecule has 0 radical (unpaired) electrons. The van der Waals surface area contributed by atoms with Crippen LogP contribution < -0.4 is 20.3 Å². The summed E-state index contributed by atoms with van der Waals surface area (Å²) in [6, 6.07) is 8.62. The molecule has 3 aliphatic rings. The molecule has 32 heavy (non-hydrogen) atoms. The summed E-state index contributed by atoms with van der Waals surface area (Å²) in [5, 5.41) is 8.03. The molecule has 6 rings (SSSR count). The van der Waals surface area contributed by atoms with Gasteiger partial charge in [0.2, 0.25) is 11.8 Å². The largest absolute Gasteiger partial charge is 0.474 e. The molecule has 2 aliphatic carbocycles. The number of benzene rings is 1. The van der Waals surface area contributed by atoms with Gasteiger partial charge < -0.3 is 20.3 Å². The molecule has 2 aromatic heterocycles. The van der Waals surface area contributed by atoms with Gasteiger partial charge in [-0.25, -0.2) is 4.98 Å². The summed E-state index contributed by atoms with van der Waals surface area (Å²) in [4.78, 5) is 14.8. The monoisotopic (exact) mass is 449 g/mol. The van der Waals surface area contributed by atoms with E-state index in [0.717, 1.165) is 68.3 Å². The molecule has 6 nitrogen and oxygen atoms in total. The van der Waals surface area contributed by atoms with Gasteiger partial charge in [0.15, 0.2) is 0 Å². The van der Waals surface area contributed by atoms with E-state index in [4.69, 9.17) is 14.7 Å². The third-order valence-electron chi connectivity index (χ3n) is 6.97. The van der Waals surface area contributed by atoms with Gasteiger partial charge >= 0.3 is 0 Å². The Bertz CT molecular complexity index is 1080. The van der Waals surface area contributed by atoms with E-state index in [0.29, 0.717) is 5.95 Å². The van der Waals surface area contributed by atoms with Crippen LogP contribution in [0.1, 0.15) is 49.0 Å². The number of anilines is 3. The molecule has 2 N–H and O–H groups in total. The van der Waals surface area contributed by atoms with Crippen LogP contribution in [0.5, 0.6) is 5.88 Å². The average molecular weight is 450 g/mol. The molecule has 1 aliphatic heterocycles. The smallest absolute Gasteiger partial charge is 0.231 e. The van der Waals surface area contributed by atoms with Crippen molar-refractivity contribution in [1.82, 2.24) is 15.3 Å². The predicted molar refractivity (Wildman–Crippen MR) is 132 cm³/mol. The Morgan fingerprint density at radius 1 is 0.969 bits per heavy atom. The highest BCUT2D eigenvalue weighted by atomic mass is 32.1. The second-order valence-electron chi connectivity index (χ2n) is 9.18. The van der Waals surface area contributed by atoms with Crippen molar-refractivity contribution in [2.45, 2.75) is 57.5 Å². The first-order valence-corrected chi connectivity index (χ1v) is 13.0. The quantitative estimate of drug-likeness (QED) is 0.569. The lowest BCUT2D eigenvalue weighted by molar-refractivity contribution is 0.151. The Morgan fingerprint density at radius 3 is 2.59 bits per heavy atom. The molecule has 0 bridgehead atoms. The molecular formula is C25H31N5OS. The van der Waals surface area contributed by atoms with Gasteiger partial charge in [-0.2, -0.15) is 4.98 Å². The number of nitrogens with zero attached hydrogens (tertiary/aromatic N) is 3. The van der Waals surface area contributed by atoms with E-state index in [1.165, 1.54) is 47.2 Å². The van der Waals surface area contributed by atoms with Crippen molar-refractivity contribution >= 4 is 38.9 Å². The van der Waals surface area contributed by atoms with Crippen molar-refractivity contribution in [3.05, 3.63) is 34.7 Å². The van der Waals surface area contributed by atoms with E-state index in [-0.39, 0.29) is 6.10 Å². The molecule has 0 atom stereocenters. The maximum Gasteiger partial charge on any atom is 0.231 e. The van der Waals surface area contributed by atoms with Gasteiger partial charge in [0, 0.05) is 42.4 Å². The zero-order valence-corrected chi connectivity index (χ0v) is 19.3. The predicted octanol–water partition coefficient (Wildman–Crippen LogP) is 5.04. The first-order chi connectivity index (χ1) is 15.8. The number of rotatable bonds is 5. The third-order valence-corrected chi connectivity index (χ3v) is 8.15. The molecule has 1 saturated carbocycles. The van der Waals surface area contributed by atoms with Crippen LogP contribution in [-0.4, -0.2) is 42.3 Å². The molecule has 3 aromatic rings. The highest BCUT2D eigenvalue weighted by Crippen LogP contribution is 2.42. The maximum absolute atomic E-state index is 6.53. The zero-order chi connectivity index (χ0) is 21.3. The SMILES string of the molecule is c1cc(N2CCNCC2)ccc1Nc1nc(OC2CCCCC2)c2c3c(sc2n1)CCC3. The van der Waals surface area contributed by atoms with Crippen LogP contribution in [-0.2, 0) is 12.8 Å².